The molecular formula is C8H11BrN2O. The summed E-state index contributed by atoms with van der Waals surface area (Å²) in [6.07, 6.45) is 5.00. The van der Waals surface area contributed by atoms with E-state index in [2.05, 4.69) is 26.5 Å². The number of hydrazone groups is 1. The number of alkyl halides is 1. The number of rotatable bonds is 0. The molecule has 0 radical (unpaired) electrons. The van der Waals surface area contributed by atoms with Crippen molar-refractivity contribution >= 4 is 28.1 Å². The Morgan fingerprint density at radius 3 is 3.25 bits per heavy atom. The fraction of sp³-hybridized carbons (Fsp3) is 0.750. The third-order valence-electron chi connectivity index (χ3n) is 2.61. The maximum absolute atomic E-state index is 11.3. The van der Waals surface area contributed by atoms with E-state index in [0.717, 1.165) is 19.3 Å². The van der Waals surface area contributed by atoms with Crippen molar-refractivity contribution in [3.05, 3.63) is 0 Å². The number of hydrogen-bond acceptors (Lipinski definition) is 2. The molecule has 3 atom stereocenters. The molecule has 0 aromatic heterocycles. The Labute approximate surface area is 79.7 Å². The topological polar surface area (TPSA) is 41.5 Å². The predicted molar refractivity (Wildman–Crippen MR) is 50.2 cm³/mol. The molecule has 1 amide bonds. The summed E-state index contributed by atoms with van der Waals surface area (Å²) in [5.74, 6) is 0.634. The molecule has 3 nitrogen and oxygen atoms in total. The molecular weight excluding hydrogens is 220 g/mol. The highest BCUT2D eigenvalue weighted by Gasteiger charge is 2.35. The lowest BCUT2D eigenvalue weighted by atomic mass is 9.79. The summed E-state index contributed by atoms with van der Waals surface area (Å²) in [4.78, 5) is 11.9. The highest BCUT2D eigenvalue weighted by molar-refractivity contribution is 9.09. The fourth-order valence-corrected chi connectivity index (χ4v) is 2.62. The molecule has 1 aliphatic heterocycles. The normalized spacial score (nSPS) is 40.4. The van der Waals surface area contributed by atoms with Gasteiger partial charge >= 0.3 is 0 Å². The van der Waals surface area contributed by atoms with Gasteiger partial charge in [-0.25, -0.2) is 5.43 Å². The van der Waals surface area contributed by atoms with Gasteiger partial charge in [0.15, 0.2) is 0 Å². The predicted octanol–water partition coefficient (Wildman–Crippen LogP) is 1.28. The van der Waals surface area contributed by atoms with E-state index >= 15 is 0 Å². The smallest absolute Gasteiger partial charge is 0.243 e. The van der Waals surface area contributed by atoms with Crippen LogP contribution in [0.1, 0.15) is 19.3 Å². The average Bonchev–Trinajstić information content (AvgIpc) is 2.04. The van der Waals surface area contributed by atoms with Gasteiger partial charge in [0.05, 0.1) is 0 Å². The first-order valence-corrected chi connectivity index (χ1v) is 5.16. The lowest BCUT2D eigenvalue weighted by molar-refractivity contribution is -0.127. The van der Waals surface area contributed by atoms with E-state index < -0.39 is 0 Å². The third-order valence-corrected chi connectivity index (χ3v) is 3.44. The van der Waals surface area contributed by atoms with Crippen molar-refractivity contribution in [1.29, 1.82) is 0 Å². The van der Waals surface area contributed by atoms with Gasteiger partial charge in [0.25, 0.3) is 0 Å². The van der Waals surface area contributed by atoms with E-state index in [1.54, 1.807) is 0 Å². The second-order valence-electron chi connectivity index (χ2n) is 3.43. The van der Waals surface area contributed by atoms with Crippen LogP contribution in [0.2, 0.25) is 0 Å². The summed E-state index contributed by atoms with van der Waals surface area (Å²) in [5.41, 5.74) is 2.51. The van der Waals surface area contributed by atoms with Gasteiger partial charge in [-0.15, -0.1) is 0 Å². The van der Waals surface area contributed by atoms with Crippen LogP contribution < -0.4 is 5.43 Å². The molecule has 0 spiro atoms. The Kier molecular flexibility index (Phi) is 2.17. The molecule has 0 saturated heterocycles. The van der Waals surface area contributed by atoms with E-state index in [9.17, 15) is 4.79 Å². The van der Waals surface area contributed by atoms with Crippen LogP contribution in [0.25, 0.3) is 0 Å². The lowest BCUT2D eigenvalue weighted by Gasteiger charge is -2.32. The third kappa shape index (κ3) is 1.40. The molecule has 1 saturated carbocycles. The van der Waals surface area contributed by atoms with Crippen LogP contribution in [0.5, 0.6) is 0 Å². The Balaban J connectivity index is 2.13. The van der Waals surface area contributed by atoms with Crippen molar-refractivity contribution < 1.29 is 4.79 Å². The zero-order valence-corrected chi connectivity index (χ0v) is 8.25. The van der Waals surface area contributed by atoms with Gasteiger partial charge in [0, 0.05) is 22.9 Å². The Morgan fingerprint density at radius 1 is 1.58 bits per heavy atom. The van der Waals surface area contributed by atoms with E-state index in [1.807, 2.05) is 6.21 Å². The van der Waals surface area contributed by atoms with Crippen molar-refractivity contribution in [1.82, 2.24) is 5.43 Å². The van der Waals surface area contributed by atoms with Gasteiger partial charge in [-0.2, -0.15) is 5.10 Å². The van der Waals surface area contributed by atoms with Gasteiger partial charge in [0.2, 0.25) is 5.91 Å². The van der Waals surface area contributed by atoms with E-state index in [1.165, 1.54) is 0 Å². The zero-order valence-electron chi connectivity index (χ0n) is 6.66. The molecule has 2 aliphatic rings. The van der Waals surface area contributed by atoms with Crippen LogP contribution in [0.15, 0.2) is 5.10 Å². The van der Waals surface area contributed by atoms with E-state index in [-0.39, 0.29) is 11.8 Å². The highest BCUT2D eigenvalue weighted by Crippen LogP contribution is 2.33. The second-order valence-corrected chi connectivity index (χ2v) is 4.73. The standard InChI is InChI=1S/C8H11BrN2O/c9-6-1-2-7-5(3-6)4-10-11-8(7)12/h4-7H,1-3H2,(H,11,12)/t5?,6-,7?/m0/s1. The molecule has 1 aliphatic carbocycles. The van der Waals surface area contributed by atoms with Gasteiger partial charge < -0.3 is 0 Å². The monoisotopic (exact) mass is 230 g/mol. The highest BCUT2D eigenvalue weighted by atomic mass is 79.9. The van der Waals surface area contributed by atoms with Crippen molar-refractivity contribution in [2.45, 2.75) is 24.1 Å². The minimum Gasteiger partial charge on any atom is -0.273 e. The number of carbonyl (C=O) groups excluding carboxylic acids is 1. The number of nitrogens with zero attached hydrogens (tertiary/aromatic N) is 1. The first-order valence-electron chi connectivity index (χ1n) is 4.24. The lowest BCUT2D eigenvalue weighted by Crippen LogP contribution is -2.41. The number of amides is 1. The molecule has 1 heterocycles. The Hall–Kier alpha value is -0.380. The summed E-state index contributed by atoms with van der Waals surface area (Å²) >= 11 is 3.58. The summed E-state index contributed by atoms with van der Waals surface area (Å²) in [5, 5.41) is 3.83. The number of carbonyl (C=O) groups is 1. The zero-order chi connectivity index (χ0) is 8.55. The molecule has 2 unspecified atom stereocenters. The molecule has 0 bridgehead atoms. The molecule has 2 rings (SSSR count). The van der Waals surface area contributed by atoms with Crippen LogP contribution in [0, 0.1) is 11.8 Å². The van der Waals surface area contributed by atoms with Gasteiger partial charge in [-0.3, -0.25) is 4.79 Å². The molecule has 0 aromatic carbocycles. The van der Waals surface area contributed by atoms with Crippen molar-refractivity contribution in [3.8, 4) is 0 Å². The van der Waals surface area contributed by atoms with Gasteiger partial charge in [-0.1, -0.05) is 15.9 Å². The Morgan fingerprint density at radius 2 is 2.42 bits per heavy atom. The largest absolute Gasteiger partial charge is 0.273 e. The molecule has 0 aromatic rings. The number of nitrogens with one attached hydrogen (secondary N) is 1. The summed E-state index contributed by atoms with van der Waals surface area (Å²) in [6, 6.07) is 0. The van der Waals surface area contributed by atoms with Gasteiger partial charge in [0.1, 0.15) is 0 Å². The molecule has 1 N–H and O–H groups in total. The quantitative estimate of drug-likeness (QED) is 0.627. The first kappa shape index (κ1) is 8.23. The van der Waals surface area contributed by atoms with Crippen LogP contribution in [0.3, 0.4) is 0 Å². The van der Waals surface area contributed by atoms with E-state index in [4.69, 9.17) is 0 Å². The SMILES string of the molecule is O=C1NN=CC2C[C@@H](Br)CCC12. The summed E-state index contributed by atoms with van der Waals surface area (Å²) in [7, 11) is 0. The van der Waals surface area contributed by atoms with Crippen LogP contribution >= 0.6 is 15.9 Å². The minimum atomic E-state index is 0.0990. The van der Waals surface area contributed by atoms with Gasteiger partial charge in [-0.05, 0) is 19.3 Å². The molecule has 66 valence electrons. The van der Waals surface area contributed by atoms with Crippen LogP contribution in [-0.2, 0) is 4.79 Å². The number of hydrogen-bond donors (Lipinski definition) is 1. The van der Waals surface area contributed by atoms with Crippen LogP contribution in [-0.4, -0.2) is 16.9 Å². The second kappa shape index (κ2) is 3.17. The summed E-state index contributed by atoms with van der Waals surface area (Å²) < 4.78 is 0. The first-order chi connectivity index (χ1) is 5.77. The average molecular weight is 231 g/mol. The minimum absolute atomic E-state index is 0.0990. The number of fused-ring (bicyclic) bond motifs is 1. The van der Waals surface area contributed by atoms with Crippen LogP contribution in [0.4, 0.5) is 0 Å². The summed E-state index contributed by atoms with van der Waals surface area (Å²) in [6.45, 7) is 0. The van der Waals surface area contributed by atoms with Crippen molar-refractivity contribution in [2.75, 3.05) is 0 Å². The van der Waals surface area contributed by atoms with E-state index in [0.29, 0.717) is 10.7 Å². The van der Waals surface area contributed by atoms with Crippen molar-refractivity contribution in [3.63, 3.8) is 0 Å². The Bertz CT molecular complexity index is 229. The molecule has 12 heavy (non-hydrogen) atoms. The molecule has 1 fully saturated rings. The maximum atomic E-state index is 11.3. The van der Waals surface area contributed by atoms with Crippen molar-refractivity contribution in [2.24, 2.45) is 16.9 Å². The number of halogens is 1. The maximum Gasteiger partial charge on any atom is 0.243 e. The molecule has 4 heteroatoms. The fourth-order valence-electron chi connectivity index (χ4n) is 1.92.